The van der Waals surface area contributed by atoms with E-state index in [2.05, 4.69) is 36.3 Å². The van der Waals surface area contributed by atoms with Gasteiger partial charge in [-0.05, 0) is 78.6 Å². The van der Waals surface area contributed by atoms with E-state index in [4.69, 9.17) is 0 Å². The van der Waals surface area contributed by atoms with E-state index in [1.165, 1.54) is 19.3 Å². The van der Waals surface area contributed by atoms with Crippen LogP contribution in [0.3, 0.4) is 0 Å². The largest absolute Gasteiger partial charge is 0.508 e. The lowest BCUT2D eigenvalue weighted by atomic mass is 10.0. The summed E-state index contributed by atoms with van der Waals surface area (Å²) in [6.45, 7) is 4.70. The first-order chi connectivity index (χ1) is 12.5. The number of piperidine rings is 1. The standard InChI is InChI=1S/C19H23BrN4O2/c1-13(22-23-19(26)17-10-16(20)11-21-17)14-5-6-18(25)15(9-14)12-24-7-3-2-4-8-24/h5-6,9-11,21,25H,2-4,7-8,12H2,1H3,(H,23,26)/b22-13+. The molecule has 26 heavy (non-hydrogen) atoms. The third-order valence-electron chi connectivity index (χ3n) is 4.56. The number of hydrogen-bond donors (Lipinski definition) is 3. The number of aromatic hydroxyl groups is 1. The molecule has 7 heteroatoms. The Bertz CT molecular complexity index is 810. The second-order valence-electron chi connectivity index (χ2n) is 6.55. The van der Waals surface area contributed by atoms with Crippen LogP contribution >= 0.6 is 15.9 Å². The lowest BCUT2D eigenvalue weighted by molar-refractivity contribution is 0.0950. The summed E-state index contributed by atoms with van der Waals surface area (Å²) in [5.41, 5.74) is 5.43. The predicted octanol–water partition coefficient (Wildman–Crippen LogP) is 3.62. The van der Waals surface area contributed by atoms with E-state index in [0.29, 0.717) is 17.2 Å². The highest BCUT2D eigenvalue weighted by atomic mass is 79.9. The van der Waals surface area contributed by atoms with Crippen molar-refractivity contribution in [2.24, 2.45) is 5.10 Å². The van der Waals surface area contributed by atoms with Crippen LogP contribution < -0.4 is 5.43 Å². The van der Waals surface area contributed by atoms with Crippen molar-refractivity contribution in [1.82, 2.24) is 15.3 Å². The molecule has 6 nitrogen and oxygen atoms in total. The van der Waals surface area contributed by atoms with Crippen LogP contribution in [-0.2, 0) is 6.54 Å². The zero-order valence-corrected chi connectivity index (χ0v) is 16.3. The minimum Gasteiger partial charge on any atom is -0.508 e. The van der Waals surface area contributed by atoms with Crippen LogP contribution in [0.15, 0.2) is 40.0 Å². The molecule has 0 saturated carbocycles. The highest BCUT2D eigenvalue weighted by molar-refractivity contribution is 9.10. The predicted molar refractivity (Wildman–Crippen MR) is 105 cm³/mol. The maximum atomic E-state index is 12.1. The molecule has 0 bridgehead atoms. The number of likely N-dealkylation sites (tertiary alicyclic amines) is 1. The normalized spacial score (nSPS) is 15.8. The van der Waals surface area contributed by atoms with Crippen LogP contribution in [0.2, 0.25) is 0 Å². The van der Waals surface area contributed by atoms with Crippen LogP contribution in [-0.4, -0.2) is 39.7 Å². The van der Waals surface area contributed by atoms with E-state index in [1.807, 2.05) is 19.1 Å². The maximum Gasteiger partial charge on any atom is 0.287 e. The number of rotatable bonds is 5. The molecule has 3 rings (SSSR count). The number of carbonyl (C=O) groups excluding carboxylic acids is 1. The molecule has 0 aliphatic carbocycles. The number of carbonyl (C=O) groups is 1. The third kappa shape index (κ3) is 4.74. The van der Waals surface area contributed by atoms with Crippen molar-refractivity contribution in [3.63, 3.8) is 0 Å². The van der Waals surface area contributed by atoms with Crippen molar-refractivity contribution in [1.29, 1.82) is 0 Å². The molecule has 138 valence electrons. The summed E-state index contributed by atoms with van der Waals surface area (Å²) in [6, 6.07) is 7.14. The van der Waals surface area contributed by atoms with Gasteiger partial charge in [-0.1, -0.05) is 6.42 Å². The molecule has 2 aromatic rings. The lowest BCUT2D eigenvalue weighted by Crippen LogP contribution is -2.29. The summed E-state index contributed by atoms with van der Waals surface area (Å²) in [5, 5.41) is 14.4. The van der Waals surface area contributed by atoms with E-state index in [-0.39, 0.29) is 5.91 Å². The molecule has 3 N–H and O–H groups in total. The number of hydrogen-bond acceptors (Lipinski definition) is 4. The minimum absolute atomic E-state index is 0.299. The van der Waals surface area contributed by atoms with Crippen LogP contribution in [0.4, 0.5) is 0 Å². The molecule has 1 aliphatic heterocycles. The van der Waals surface area contributed by atoms with Gasteiger partial charge in [-0.15, -0.1) is 0 Å². The van der Waals surface area contributed by atoms with Crippen LogP contribution in [0.1, 0.15) is 47.8 Å². The van der Waals surface area contributed by atoms with Gasteiger partial charge in [0.15, 0.2) is 0 Å². The minimum atomic E-state index is -0.303. The molecule has 0 spiro atoms. The molecule has 0 unspecified atom stereocenters. The van der Waals surface area contributed by atoms with Gasteiger partial charge in [0.25, 0.3) is 5.91 Å². The topological polar surface area (TPSA) is 80.7 Å². The number of halogens is 1. The Morgan fingerprint density at radius 2 is 2.08 bits per heavy atom. The fourth-order valence-corrected chi connectivity index (χ4v) is 3.40. The first-order valence-corrected chi connectivity index (χ1v) is 9.55. The molecule has 1 fully saturated rings. The molecule has 1 aromatic heterocycles. The number of hydrazone groups is 1. The average molecular weight is 419 g/mol. The van der Waals surface area contributed by atoms with Gasteiger partial charge >= 0.3 is 0 Å². The molecule has 1 aliphatic rings. The van der Waals surface area contributed by atoms with E-state index < -0.39 is 0 Å². The molecule has 1 amide bonds. The summed E-state index contributed by atoms with van der Waals surface area (Å²) in [7, 11) is 0. The summed E-state index contributed by atoms with van der Waals surface area (Å²) in [4.78, 5) is 17.3. The molecule has 2 heterocycles. The third-order valence-corrected chi connectivity index (χ3v) is 5.02. The van der Waals surface area contributed by atoms with Crippen LogP contribution in [0.25, 0.3) is 0 Å². The molecular formula is C19H23BrN4O2. The zero-order chi connectivity index (χ0) is 18.5. The van der Waals surface area contributed by atoms with Gasteiger partial charge in [-0.3, -0.25) is 9.69 Å². The summed E-state index contributed by atoms with van der Waals surface area (Å²) >= 11 is 3.30. The number of H-pyrrole nitrogens is 1. The summed E-state index contributed by atoms with van der Waals surface area (Å²) in [5.74, 6) is -0.00485. The van der Waals surface area contributed by atoms with Crippen molar-refractivity contribution >= 4 is 27.5 Å². The molecular weight excluding hydrogens is 396 g/mol. The Morgan fingerprint density at radius 3 is 2.77 bits per heavy atom. The van der Waals surface area contributed by atoms with Gasteiger partial charge in [-0.25, -0.2) is 5.43 Å². The smallest absolute Gasteiger partial charge is 0.287 e. The Labute approximate surface area is 161 Å². The van der Waals surface area contributed by atoms with E-state index in [9.17, 15) is 9.90 Å². The van der Waals surface area contributed by atoms with E-state index in [1.54, 1.807) is 18.3 Å². The second kappa shape index (κ2) is 8.51. The number of aromatic amines is 1. The highest BCUT2D eigenvalue weighted by Gasteiger charge is 2.14. The van der Waals surface area contributed by atoms with Gasteiger partial charge in [0.1, 0.15) is 11.4 Å². The number of aromatic nitrogens is 1. The highest BCUT2D eigenvalue weighted by Crippen LogP contribution is 2.22. The van der Waals surface area contributed by atoms with Gasteiger partial charge in [-0.2, -0.15) is 5.10 Å². The van der Waals surface area contributed by atoms with Crippen molar-refractivity contribution in [3.05, 3.63) is 51.8 Å². The fourth-order valence-electron chi connectivity index (χ4n) is 3.05. The molecule has 1 aromatic carbocycles. The first-order valence-electron chi connectivity index (χ1n) is 8.76. The number of benzene rings is 1. The quantitative estimate of drug-likeness (QED) is 0.512. The first kappa shape index (κ1) is 18.7. The average Bonchev–Trinajstić information content (AvgIpc) is 3.08. The van der Waals surface area contributed by atoms with E-state index >= 15 is 0 Å². The zero-order valence-electron chi connectivity index (χ0n) is 14.8. The number of amides is 1. The molecule has 0 radical (unpaired) electrons. The van der Waals surface area contributed by atoms with Gasteiger partial charge < -0.3 is 10.1 Å². The Balaban J connectivity index is 1.69. The Kier molecular flexibility index (Phi) is 6.11. The van der Waals surface area contributed by atoms with Crippen molar-refractivity contribution in [2.75, 3.05) is 13.1 Å². The van der Waals surface area contributed by atoms with E-state index in [0.717, 1.165) is 35.2 Å². The SMILES string of the molecule is C/C(=N\NC(=O)c1cc(Br)c[nH]1)c1ccc(O)c(CN2CCCCC2)c1. The summed E-state index contributed by atoms with van der Waals surface area (Å²) < 4.78 is 0.809. The fraction of sp³-hybridized carbons (Fsp3) is 0.368. The van der Waals surface area contributed by atoms with Crippen molar-refractivity contribution < 1.29 is 9.90 Å². The second-order valence-corrected chi connectivity index (χ2v) is 7.47. The number of nitrogens with zero attached hydrogens (tertiary/aromatic N) is 2. The van der Waals surface area contributed by atoms with Gasteiger partial charge in [0.05, 0.1) is 5.71 Å². The number of phenols is 1. The molecule has 0 atom stereocenters. The lowest BCUT2D eigenvalue weighted by Gasteiger charge is -2.26. The van der Waals surface area contributed by atoms with Crippen LogP contribution in [0, 0.1) is 0 Å². The number of nitrogens with one attached hydrogen (secondary N) is 2. The van der Waals surface area contributed by atoms with Crippen molar-refractivity contribution in [3.8, 4) is 5.75 Å². The number of phenolic OH excluding ortho intramolecular Hbond substituents is 1. The van der Waals surface area contributed by atoms with Crippen molar-refractivity contribution in [2.45, 2.75) is 32.7 Å². The Hall–Kier alpha value is -2.12. The molecule has 1 saturated heterocycles. The van der Waals surface area contributed by atoms with Crippen LogP contribution in [0.5, 0.6) is 5.75 Å². The summed E-state index contributed by atoms with van der Waals surface area (Å²) in [6.07, 6.45) is 5.40. The maximum absolute atomic E-state index is 12.1. The Morgan fingerprint density at radius 1 is 1.31 bits per heavy atom. The van der Waals surface area contributed by atoms with Gasteiger partial charge in [0, 0.05) is 22.8 Å². The van der Waals surface area contributed by atoms with Gasteiger partial charge in [0.2, 0.25) is 0 Å². The monoisotopic (exact) mass is 418 g/mol.